The fourth-order valence-corrected chi connectivity index (χ4v) is 4.29. The van der Waals surface area contributed by atoms with E-state index in [2.05, 4.69) is 5.16 Å². The van der Waals surface area contributed by atoms with Crippen LogP contribution in [0.2, 0.25) is 0 Å². The SMILES string of the molecule is CC(C=CC(F)=CCF)COCc1cc(-c2ccc3c(=O)n(-c4ccc(F)cc4)c(CCCCC(=O)O)nc3c2)no1. The Kier molecular flexibility index (Phi) is 10.4. The van der Waals surface area contributed by atoms with Crippen molar-refractivity contribution in [2.75, 3.05) is 13.3 Å². The third-order valence-electron chi connectivity index (χ3n) is 6.40. The second kappa shape index (κ2) is 14.4. The third-order valence-corrected chi connectivity index (χ3v) is 6.40. The number of rotatable bonds is 14. The lowest BCUT2D eigenvalue weighted by molar-refractivity contribution is -0.137. The molecule has 0 fully saturated rings. The van der Waals surface area contributed by atoms with Crippen molar-refractivity contribution in [1.82, 2.24) is 14.7 Å². The van der Waals surface area contributed by atoms with Crippen LogP contribution >= 0.6 is 0 Å². The molecule has 0 bridgehead atoms. The number of hydrogen-bond donors (Lipinski definition) is 1. The number of aryl methyl sites for hydroxylation is 1. The average molecular weight is 582 g/mol. The van der Waals surface area contributed by atoms with E-state index in [4.69, 9.17) is 19.4 Å². The maximum Gasteiger partial charge on any atom is 0.303 e. The molecule has 4 rings (SSSR count). The molecule has 42 heavy (non-hydrogen) atoms. The van der Waals surface area contributed by atoms with Gasteiger partial charge in [0.15, 0.2) is 5.76 Å². The molecule has 0 saturated carbocycles. The predicted molar refractivity (Wildman–Crippen MR) is 151 cm³/mol. The van der Waals surface area contributed by atoms with Crippen LogP contribution in [0.15, 0.2) is 81.9 Å². The van der Waals surface area contributed by atoms with Crippen LogP contribution in [0.1, 0.15) is 37.8 Å². The zero-order chi connectivity index (χ0) is 30.1. The van der Waals surface area contributed by atoms with Crippen LogP contribution < -0.4 is 5.56 Å². The first kappa shape index (κ1) is 30.4. The number of carbonyl (C=O) groups is 1. The van der Waals surface area contributed by atoms with Crippen molar-refractivity contribution >= 4 is 16.9 Å². The highest BCUT2D eigenvalue weighted by Crippen LogP contribution is 2.24. The average Bonchev–Trinajstić information content (AvgIpc) is 3.44. The van der Waals surface area contributed by atoms with Gasteiger partial charge < -0.3 is 14.4 Å². The van der Waals surface area contributed by atoms with Gasteiger partial charge in [-0.2, -0.15) is 0 Å². The summed E-state index contributed by atoms with van der Waals surface area (Å²) in [6.07, 6.45) is 4.88. The Balaban J connectivity index is 1.54. The summed E-state index contributed by atoms with van der Waals surface area (Å²) in [4.78, 5) is 29.2. The highest BCUT2D eigenvalue weighted by Gasteiger charge is 2.15. The first-order valence-corrected chi connectivity index (χ1v) is 13.4. The van der Waals surface area contributed by atoms with Crippen molar-refractivity contribution < 1.29 is 32.3 Å². The number of unbranched alkanes of at least 4 members (excludes halogenated alkanes) is 1. The van der Waals surface area contributed by atoms with Gasteiger partial charge in [0, 0.05) is 24.5 Å². The van der Waals surface area contributed by atoms with Gasteiger partial charge in [-0.25, -0.2) is 18.2 Å². The first-order valence-electron chi connectivity index (χ1n) is 13.4. The lowest BCUT2D eigenvalue weighted by atomic mass is 10.1. The van der Waals surface area contributed by atoms with Gasteiger partial charge in [-0.15, -0.1) is 0 Å². The van der Waals surface area contributed by atoms with E-state index in [1.807, 2.05) is 6.92 Å². The predicted octanol–water partition coefficient (Wildman–Crippen LogP) is 6.51. The molecule has 1 N–H and O–H groups in total. The van der Waals surface area contributed by atoms with Crippen molar-refractivity contribution in [3.8, 4) is 16.9 Å². The smallest absolute Gasteiger partial charge is 0.303 e. The van der Waals surface area contributed by atoms with E-state index in [9.17, 15) is 22.8 Å². The topological polar surface area (TPSA) is 107 Å². The molecule has 2 heterocycles. The summed E-state index contributed by atoms with van der Waals surface area (Å²) in [5.74, 6) is -1.20. The van der Waals surface area contributed by atoms with E-state index in [1.165, 1.54) is 34.9 Å². The van der Waals surface area contributed by atoms with Gasteiger partial charge in [0.2, 0.25) is 0 Å². The normalized spacial score (nSPS) is 12.8. The number of hydrogen-bond acceptors (Lipinski definition) is 6. The molecular weight excluding hydrogens is 551 g/mol. The van der Waals surface area contributed by atoms with Crippen LogP contribution in [0.25, 0.3) is 27.8 Å². The molecule has 2 aromatic carbocycles. The molecule has 0 aliphatic rings. The minimum absolute atomic E-state index is 0.00267. The van der Waals surface area contributed by atoms with Crippen LogP contribution in [0.3, 0.4) is 0 Å². The van der Waals surface area contributed by atoms with E-state index in [1.54, 1.807) is 30.3 Å². The van der Waals surface area contributed by atoms with E-state index in [0.717, 1.165) is 6.08 Å². The van der Waals surface area contributed by atoms with Crippen molar-refractivity contribution in [3.63, 3.8) is 0 Å². The minimum Gasteiger partial charge on any atom is -0.481 e. The van der Waals surface area contributed by atoms with E-state index in [-0.39, 0.29) is 31.1 Å². The van der Waals surface area contributed by atoms with Gasteiger partial charge in [-0.1, -0.05) is 24.2 Å². The van der Waals surface area contributed by atoms with Crippen LogP contribution in [0, 0.1) is 11.7 Å². The number of carboxylic acids is 1. The van der Waals surface area contributed by atoms with Crippen molar-refractivity contribution in [3.05, 3.63) is 100 Å². The summed E-state index contributed by atoms with van der Waals surface area (Å²) in [6.45, 7) is 1.37. The second-order valence-corrected chi connectivity index (χ2v) is 9.75. The number of allylic oxidation sites excluding steroid dienone is 3. The fraction of sp³-hybridized carbons (Fsp3) is 0.290. The summed E-state index contributed by atoms with van der Waals surface area (Å²) in [7, 11) is 0. The molecule has 1 unspecified atom stereocenters. The largest absolute Gasteiger partial charge is 0.481 e. The summed E-state index contributed by atoms with van der Waals surface area (Å²) in [5, 5.41) is 13.4. The Morgan fingerprint density at radius 1 is 1.17 bits per heavy atom. The number of fused-ring (bicyclic) bond motifs is 1. The molecule has 4 aromatic rings. The zero-order valence-corrected chi connectivity index (χ0v) is 22.9. The lowest BCUT2D eigenvalue weighted by Crippen LogP contribution is -2.24. The fourth-order valence-electron chi connectivity index (χ4n) is 4.29. The molecule has 0 spiro atoms. The van der Waals surface area contributed by atoms with Gasteiger partial charge in [-0.3, -0.25) is 14.2 Å². The lowest BCUT2D eigenvalue weighted by Gasteiger charge is -2.14. The molecule has 0 amide bonds. The van der Waals surface area contributed by atoms with Crippen molar-refractivity contribution in [2.45, 2.75) is 39.2 Å². The summed E-state index contributed by atoms with van der Waals surface area (Å²) in [5.41, 5.74) is 1.73. The molecule has 11 heteroatoms. The van der Waals surface area contributed by atoms with Crippen LogP contribution in [0.5, 0.6) is 0 Å². The number of aliphatic carboxylic acids is 1. The number of alkyl halides is 1. The van der Waals surface area contributed by atoms with E-state index in [0.29, 0.717) is 58.7 Å². The molecule has 0 aliphatic heterocycles. The van der Waals surface area contributed by atoms with Crippen LogP contribution in [-0.2, 0) is 22.6 Å². The monoisotopic (exact) mass is 581 g/mol. The van der Waals surface area contributed by atoms with Crippen LogP contribution in [-0.4, -0.2) is 39.1 Å². The van der Waals surface area contributed by atoms with Gasteiger partial charge in [0.25, 0.3) is 5.56 Å². The number of nitrogens with zero attached hydrogens (tertiary/aromatic N) is 3. The standard InChI is InChI=1S/C31H30F3N3O5/c1-20(6-8-23(34)14-15-32)18-41-19-25-17-27(36-42-25)21-7-13-26-28(16-21)35-29(4-2-3-5-30(38)39)37(31(26)40)24-11-9-22(33)10-12-24/h6-14,16-17,20H,2-5,15,18-19H2,1H3,(H,38,39). The zero-order valence-electron chi connectivity index (χ0n) is 22.9. The minimum atomic E-state index is -0.899. The maximum absolute atomic E-state index is 13.6. The highest BCUT2D eigenvalue weighted by molar-refractivity contribution is 5.83. The number of halogens is 3. The molecule has 0 radical (unpaired) electrons. The van der Waals surface area contributed by atoms with E-state index < -0.39 is 24.3 Å². The van der Waals surface area contributed by atoms with E-state index >= 15 is 0 Å². The van der Waals surface area contributed by atoms with Gasteiger partial charge in [0.1, 0.15) is 36.4 Å². The number of aromatic nitrogens is 3. The second-order valence-electron chi connectivity index (χ2n) is 9.75. The summed E-state index contributed by atoms with van der Waals surface area (Å²) < 4.78 is 51.4. The van der Waals surface area contributed by atoms with Gasteiger partial charge >= 0.3 is 5.97 Å². The van der Waals surface area contributed by atoms with Gasteiger partial charge in [-0.05, 0) is 67.3 Å². The number of ether oxygens (including phenoxy) is 1. The molecule has 1 atom stereocenters. The highest BCUT2D eigenvalue weighted by atomic mass is 19.1. The Morgan fingerprint density at radius 2 is 1.95 bits per heavy atom. The van der Waals surface area contributed by atoms with Crippen molar-refractivity contribution in [2.24, 2.45) is 5.92 Å². The van der Waals surface area contributed by atoms with Crippen molar-refractivity contribution in [1.29, 1.82) is 0 Å². The molecule has 0 saturated heterocycles. The summed E-state index contributed by atoms with van der Waals surface area (Å²) >= 11 is 0. The maximum atomic E-state index is 13.6. The number of benzene rings is 2. The summed E-state index contributed by atoms with van der Waals surface area (Å²) in [6, 6.07) is 12.3. The molecule has 8 nitrogen and oxygen atoms in total. The molecule has 0 aliphatic carbocycles. The molecule has 2 aromatic heterocycles. The Morgan fingerprint density at radius 3 is 2.69 bits per heavy atom. The Hall–Kier alpha value is -4.51. The first-order chi connectivity index (χ1) is 20.2. The van der Waals surface area contributed by atoms with Gasteiger partial charge in [0.05, 0.1) is 23.2 Å². The quantitative estimate of drug-likeness (QED) is 0.134. The molecular formula is C31H30F3N3O5. The molecule has 220 valence electrons. The Bertz CT molecular complexity index is 1640. The number of carboxylic acid groups (broad SMARTS) is 1. The van der Waals surface area contributed by atoms with Crippen LogP contribution in [0.4, 0.5) is 13.2 Å². The third kappa shape index (κ3) is 8.03. The Labute approximate surface area is 239 Å².